The summed E-state index contributed by atoms with van der Waals surface area (Å²) in [5.74, 6) is 0. The molecule has 0 saturated heterocycles. The van der Waals surface area contributed by atoms with Crippen LogP contribution in [0.3, 0.4) is 0 Å². The highest BCUT2D eigenvalue weighted by atomic mass is 79.9. The van der Waals surface area contributed by atoms with Gasteiger partial charge in [-0.2, -0.15) is 0 Å². The molecule has 1 aromatic heterocycles. The lowest BCUT2D eigenvalue weighted by Gasteiger charge is -2.05. The molecule has 16 heavy (non-hydrogen) atoms. The molecule has 0 unspecified atom stereocenters. The lowest BCUT2D eigenvalue weighted by molar-refractivity contribution is 1.08. The van der Waals surface area contributed by atoms with Crippen LogP contribution >= 0.6 is 43.2 Å². The highest BCUT2D eigenvalue weighted by Gasteiger charge is 2.14. The smallest absolute Gasteiger partial charge is 0.0752 e. The molecule has 0 radical (unpaired) electrons. The third-order valence-electron chi connectivity index (χ3n) is 2.47. The molecule has 0 spiro atoms. The zero-order valence-electron chi connectivity index (χ0n) is 8.76. The quantitative estimate of drug-likeness (QED) is 0.824. The molecule has 1 nitrogen and oxygen atoms in total. The van der Waals surface area contributed by atoms with Crippen LogP contribution in [0.1, 0.15) is 10.4 Å². The van der Waals surface area contributed by atoms with E-state index >= 15 is 0 Å². The van der Waals surface area contributed by atoms with Gasteiger partial charge in [0.1, 0.15) is 0 Å². The Kier molecular flexibility index (Phi) is 3.85. The normalized spacial score (nSPS) is 10.8. The van der Waals surface area contributed by atoms with Crippen LogP contribution in [0.25, 0.3) is 11.1 Å². The predicted molar refractivity (Wildman–Crippen MR) is 77.8 cm³/mol. The van der Waals surface area contributed by atoms with Crippen molar-refractivity contribution in [2.45, 2.75) is 13.5 Å². The van der Waals surface area contributed by atoms with Gasteiger partial charge in [0, 0.05) is 21.5 Å². The van der Waals surface area contributed by atoms with E-state index in [0.29, 0.717) is 6.54 Å². The maximum atomic E-state index is 5.80. The van der Waals surface area contributed by atoms with E-state index in [1.54, 1.807) is 11.3 Å². The molecule has 0 aliphatic carbocycles. The van der Waals surface area contributed by atoms with Gasteiger partial charge in [-0.1, -0.05) is 28.1 Å². The Hall–Kier alpha value is -0.160. The maximum absolute atomic E-state index is 5.80. The summed E-state index contributed by atoms with van der Waals surface area (Å²) in [5.41, 5.74) is 9.49. The van der Waals surface area contributed by atoms with Gasteiger partial charge in [-0.15, -0.1) is 11.3 Å². The average molecular weight is 361 g/mol. The second-order valence-electron chi connectivity index (χ2n) is 3.50. The first-order valence-electron chi connectivity index (χ1n) is 4.87. The molecule has 0 amide bonds. The van der Waals surface area contributed by atoms with Gasteiger partial charge in [-0.3, -0.25) is 0 Å². The summed E-state index contributed by atoms with van der Waals surface area (Å²) in [6.45, 7) is 2.70. The van der Waals surface area contributed by atoms with Crippen LogP contribution in [0, 0.1) is 6.92 Å². The van der Waals surface area contributed by atoms with Crippen molar-refractivity contribution in [1.82, 2.24) is 0 Å². The number of hydrogen-bond acceptors (Lipinski definition) is 2. The van der Waals surface area contributed by atoms with E-state index in [9.17, 15) is 0 Å². The fourth-order valence-electron chi connectivity index (χ4n) is 1.73. The molecule has 1 heterocycles. The molecule has 2 aromatic rings. The summed E-state index contributed by atoms with van der Waals surface area (Å²) >= 11 is 8.76. The van der Waals surface area contributed by atoms with Gasteiger partial charge in [0.25, 0.3) is 0 Å². The Bertz CT molecular complexity index is 502. The van der Waals surface area contributed by atoms with E-state index in [1.165, 1.54) is 21.6 Å². The van der Waals surface area contributed by atoms with E-state index < -0.39 is 0 Å². The Balaban J connectivity index is 2.59. The molecule has 0 fully saturated rings. The summed E-state index contributed by atoms with van der Waals surface area (Å²) in [6.07, 6.45) is 0. The number of benzene rings is 1. The van der Waals surface area contributed by atoms with Crippen LogP contribution in [0.15, 0.2) is 32.5 Å². The number of aryl methyl sites for hydroxylation is 1. The zero-order valence-corrected chi connectivity index (χ0v) is 12.7. The summed E-state index contributed by atoms with van der Waals surface area (Å²) in [6, 6.07) is 8.34. The lowest BCUT2D eigenvalue weighted by atomic mass is 10.0. The first-order chi connectivity index (χ1) is 7.63. The second-order valence-corrected chi connectivity index (χ2v) is 6.95. The van der Waals surface area contributed by atoms with Gasteiger partial charge >= 0.3 is 0 Å². The van der Waals surface area contributed by atoms with Gasteiger partial charge in [0.15, 0.2) is 0 Å². The van der Waals surface area contributed by atoms with Crippen molar-refractivity contribution in [3.05, 3.63) is 43.0 Å². The largest absolute Gasteiger partial charge is 0.326 e. The van der Waals surface area contributed by atoms with Crippen molar-refractivity contribution in [3.63, 3.8) is 0 Å². The highest BCUT2D eigenvalue weighted by molar-refractivity contribution is 9.11. The molecule has 1 aromatic carbocycles. The SMILES string of the molecule is Cc1sc(Br)c(CN)c1-c1ccc(Br)cc1. The third kappa shape index (κ3) is 2.25. The van der Waals surface area contributed by atoms with Gasteiger partial charge < -0.3 is 5.73 Å². The number of halogens is 2. The van der Waals surface area contributed by atoms with Crippen molar-refractivity contribution in [3.8, 4) is 11.1 Å². The van der Waals surface area contributed by atoms with Crippen LogP contribution in [-0.2, 0) is 6.54 Å². The van der Waals surface area contributed by atoms with Gasteiger partial charge in [0.05, 0.1) is 3.79 Å². The molecule has 4 heteroatoms. The molecule has 2 rings (SSSR count). The summed E-state index contributed by atoms with van der Waals surface area (Å²) < 4.78 is 2.24. The van der Waals surface area contributed by atoms with Crippen LogP contribution in [0.4, 0.5) is 0 Å². The summed E-state index contributed by atoms with van der Waals surface area (Å²) in [7, 11) is 0. The lowest BCUT2D eigenvalue weighted by Crippen LogP contribution is -1.97. The molecule has 0 saturated carbocycles. The zero-order chi connectivity index (χ0) is 11.7. The van der Waals surface area contributed by atoms with E-state index in [0.717, 1.165) is 8.26 Å². The number of hydrogen-bond donors (Lipinski definition) is 1. The fourth-order valence-corrected chi connectivity index (χ4v) is 4.01. The summed E-state index contributed by atoms with van der Waals surface area (Å²) in [5, 5.41) is 0. The van der Waals surface area contributed by atoms with E-state index in [2.05, 4.69) is 63.0 Å². The Morgan fingerprint density at radius 1 is 1.19 bits per heavy atom. The van der Waals surface area contributed by atoms with E-state index in [4.69, 9.17) is 5.73 Å². The van der Waals surface area contributed by atoms with E-state index in [-0.39, 0.29) is 0 Å². The molecular weight excluding hydrogens is 350 g/mol. The standard InChI is InChI=1S/C12H11Br2NS/c1-7-11(10(6-15)12(14)16-7)8-2-4-9(13)5-3-8/h2-5H,6,15H2,1H3. The average Bonchev–Trinajstić information content (AvgIpc) is 2.54. The van der Waals surface area contributed by atoms with Crippen molar-refractivity contribution in [2.24, 2.45) is 5.73 Å². The molecule has 0 atom stereocenters. The third-order valence-corrected chi connectivity index (χ3v) is 4.90. The summed E-state index contributed by atoms with van der Waals surface area (Å²) in [4.78, 5) is 1.30. The highest BCUT2D eigenvalue weighted by Crippen LogP contribution is 2.39. The van der Waals surface area contributed by atoms with Gasteiger partial charge in [-0.25, -0.2) is 0 Å². The Morgan fingerprint density at radius 2 is 1.81 bits per heavy atom. The molecular formula is C12H11Br2NS. The van der Waals surface area contributed by atoms with Crippen LogP contribution in [0.2, 0.25) is 0 Å². The monoisotopic (exact) mass is 359 g/mol. The maximum Gasteiger partial charge on any atom is 0.0752 e. The fraction of sp³-hybridized carbons (Fsp3) is 0.167. The van der Waals surface area contributed by atoms with Crippen molar-refractivity contribution in [1.29, 1.82) is 0 Å². The van der Waals surface area contributed by atoms with Crippen molar-refractivity contribution < 1.29 is 0 Å². The minimum absolute atomic E-state index is 0.566. The van der Waals surface area contributed by atoms with E-state index in [1.807, 2.05) is 0 Å². The Morgan fingerprint density at radius 3 is 2.38 bits per heavy atom. The Labute approximate surface area is 116 Å². The minimum Gasteiger partial charge on any atom is -0.326 e. The molecule has 0 aliphatic rings. The minimum atomic E-state index is 0.566. The van der Waals surface area contributed by atoms with Crippen molar-refractivity contribution in [2.75, 3.05) is 0 Å². The number of thiophene rings is 1. The molecule has 84 valence electrons. The van der Waals surface area contributed by atoms with Crippen LogP contribution < -0.4 is 5.73 Å². The topological polar surface area (TPSA) is 26.0 Å². The molecule has 2 N–H and O–H groups in total. The molecule has 0 bridgehead atoms. The second kappa shape index (κ2) is 5.00. The predicted octanol–water partition coefficient (Wildman–Crippen LogP) is 4.71. The van der Waals surface area contributed by atoms with Crippen LogP contribution in [0.5, 0.6) is 0 Å². The van der Waals surface area contributed by atoms with Crippen molar-refractivity contribution >= 4 is 43.2 Å². The van der Waals surface area contributed by atoms with Gasteiger partial charge in [-0.05, 0) is 46.1 Å². The van der Waals surface area contributed by atoms with Gasteiger partial charge in [0.2, 0.25) is 0 Å². The number of rotatable bonds is 2. The first kappa shape index (κ1) is 12.3. The van der Waals surface area contributed by atoms with Crippen LogP contribution in [-0.4, -0.2) is 0 Å². The molecule has 0 aliphatic heterocycles. The first-order valence-corrected chi connectivity index (χ1v) is 7.27. The number of nitrogens with two attached hydrogens (primary N) is 1.